The van der Waals surface area contributed by atoms with Gasteiger partial charge in [0.2, 0.25) is 10.0 Å². The maximum Gasteiger partial charge on any atom is 0.242 e. The summed E-state index contributed by atoms with van der Waals surface area (Å²) in [7, 11) is -3.75. The Balaban J connectivity index is 2.16. The molecule has 4 nitrogen and oxygen atoms in total. The van der Waals surface area contributed by atoms with Gasteiger partial charge in [-0.15, -0.1) is 11.6 Å². The fourth-order valence-corrected chi connectivity index (χ4v) is 3.73. The Kier molecular flexibility index (Phi) is 4.19. The number of sulfonamides is 1. The summed E-state index contributed by atoms with van der Waals surface area (Å²) in [6.45, 7) is 0. The van der Waals surface area contributed by atoms with Gasteiger partial charge in [0.05, 0.1) is 6.20 Å². The molecule has 1 aromatic heterocycles. The Morgan fingerprint density at radius 3 is 2.72 bits per heavy atom. The van der Waals surface area contributed by atoms with Gasteiger partial charge < -0.3 is 0 Å². The first-order valence-corrected chi connectivity index (χ1v) is 7.68. The molecule has 1 saturated carbocycles. The quantitative estimate of drug-likeness (QED) is 0.868. The minimum Gasteiger partial charge on any atom is -0.260 e. The molecule has 2 atom stereocenters. The first-order chi connectivity index (χ1) is 8.49. The zero-order chi connectivity index (χ0) is 13.2. The highest BCUT2D eigenvalue weighted by atomic mass is 35.5. The van der Waals surface area contributed by atoms with Gasteiger partial charge in [0.25, 0.3) is 0 Å². The van der Waals surface area contributed by atoms with Gasteiger partial charge in [-0.2, -0.15) is 0 Å². The molecule has 100 valence electrons. The van der Waals surface area contributed by atoms with E-state index in [2.05, 4.69) is 9.71 Å². The van der Waals surface area contributed by atoms with E-state index in [1.165, 1.54) is 0 Å². The Morgan fingerprint density at radius 1 is 1.33 bits per heavy atom. The van der Waals surface area contributed by atoms with Crippen LogP contribution in [-0.2, 0) is 10.0 Å². The van der Waals surface area contributed by atoms with Crippen molar-refractivity contribution < 1.29 is 12.8 Å². The molecule has 0 bridgehead atoms. The predicted octanol–water partition coefficient (Wildman–Crippen LogP) is 2.05. The topological polar surface area (TPSA) is 59.1 Å². The van der Waals surface area contributed by atoms with E-state index in [1.54, 1.807) is 0 Å². The maximum atomic E-state index is 13.0. The molecule has 1 N–H and O–H groups in total. The van der Waals surface area contributed by atoms with Crippen LogP contribution in [0.4, 0.5) is 4.39 Å². The Morgan fingerprint density at radius 2 is 2.06 bits per heavy atom. The number of nitrogens with one attached hydrogen (secondary N) is 1. The average molecular weight is 293 g/mol. The van der Waals surface area contributed by atoms with Crippen molar-refractivity contribution in [1.82, 2.24) is 9.71 Å². The highest BCUT2D eigenvalue weighted by molar-refractivity contribution is 7.89. The number of alkyl halides is 1. The van der Waals surface area contributed by atoms with Crippen LogP contribution >= 0.6 is 11.6 Å². The van der Waals surface area contributed by atoms with Crippen LogP contribution in [0.5, 0.6) is 0 Å². The average Bonchev–Trinajstić information content (AvgIpc) is 2.32. The fraction of sp³-hybridized carbons (Fsp3) is 0.545. The van der Waals surface area contributed by atoms with Crippen molar-refractivity contribution in [2.45, 2.75) is 42.0 Å². The highest BCUT2D eigenvalue weighted by Crippen LogP contribution is 2.24. The zero-order valence-corrected chi connectivity index (χ0v) is 11.2. The van der Waals surface area contributed by atoms with Crippen LogP contribution in [0.2, 0.25) is 0 Å². The first kappa shape index (κ1) is 13.7. The van der Waals surface area contributed by atoms with Crippen molar-refractivity contribution in [3.05, 3.63) is 24.3 Å². The van der Waals surface area contributed by atoms with Crippen LogP contribution in [-0.4, -0.2) is 24.8 Å². The van der Waals surface area contributed by atoms with Gasteiger partial charge in [0, 0.05) is 17.6 Å². The summed E-state index contributed by atoms with van der Waals surface area (Å²) in [6, 6.07) is 0.648. The van der Waals surface area contributed by atoms with Crippen molar-refractivity contribution in [3.8, 4) is 0 Å². The van der Waals surface area contributed by atoms with Gasteiger partial charge in [-0.05, 0) is 18.9 Å². The first-order valence-electron chi connectivity index (χ1n) is 5.76. The molecule has 18 heavy (non-hydrogen) atoms. The van der Waals surface area contributed by atoms with E-state index in [-0.39, 0.29) is 16.3 Å². The Labute approximate surface area is 111 Å². The van der Waals surface area contributed by atoms with E-state index in [4.69, 9.17) is 11.6 Å². The number of pyridine rings is 1. The second-order valence-corrected chi connectivity index (χ2v) is 6.64. The number of nitrogens with zero attached hydrogens (tertiary/aromatic N) is 1. The summed E-state index contributed by atoms with van der Waals surface area (Å²) in [5, 5.41) is -0.213. The molecule has 7 heteroatoms. The van der Waals surface area contributed by atoms with E-state index < -0.39 is 15.8 Å². The molecule has 0 aliphatic heterocycles. The van der Waals surface area contributed by atoms with Gasteiger partial charge in [-0.1, -0.05) is 12.8 Å². The van der Waals surface area contributed by atoms with E-state index >= 15 is 0 Å². The summed E-state index contributed by atoms with van der Waals surface area (Å²) in [5.41, 5.74) is 0. The van der Waals surface area contributed by atoms with Crippen LogP contribution < -0.4 is 4.72 Å². The van der Waals surface area contributed by atoms with Crippen LogP contribution in [0, 0.1) is 5.82 Å². The number of rotatable bonds is 3. The summed E-state index contributed by atoms with van der Waals surface area (Å²) in [4.78, 5) is 3.37. The number of aromatic nitrogens is 1. The van der Waals surface area contributed by atoms with Crippen LogP contribution in [0.15, 0.2) is 23.4 Å². The largest absolute Gasteiger partial charge is 0.260 e. The lowest BCUT2D eigenvalue weighted by atomic mass is 9.96. The molecule has 1 aliphatic carbocycles. The van der Waals surface area contributed by atoms with E-state index in [0.717, 1.165) is 37.7 Å². The van der Waals surface area contributed by atoms with Gasteiger partial charge in [0.1, 0.15) is 10.7 Å². The third kappa shape index (κ3) is 3.18. The number of halogens is 2. The monoisotopic (exact) mass is 292 g/mol. The minimum absolute atomic E-state index is 0.169. The van der Waals surface area contributed by atoms with Gasteiger partial charge >= 0.3 is 0 Å². The predicted molar refractivity (Wildman–Crippen MR) is 66.4 cm³/mol. The van der Waals surface area contributed by atoms with Crippen molar-refractivity contribution in [1.29, 1.82) is 0 Å². The minimum atomic E-state index is -3.75. The van der Waals surface area contributed by atoms with Crippen molar-refractivity contribution in [2.24, 2.45) is 0 Å². The molecule has 0 radical (unpaired) electrons. The molecule has 2 unspecified atom stereocenters. The van der Waals surface area contributed by atoms with Crippen molar-refractivity contribution >= 4 is 21.6 Å². The molecular formula is C11H14ClFN2O2S. The molecule has 1 aliphatic rings. The van der Waals surface area contributed by atoms with E-state index in [0.29, 0.717) is 6.42 Å². The Bertz CT molecular complexity index is 524. The number of hydrogen-bond donors (Lipinski definition) is 1. The molecule has 2 rings (SSSR count). The molecule has 0 aromatic carbocycles. The SMILES string of the molecule is O=S(=O)(NC1CCCCC1Cl)c1cncc(F)c1. The lowest BCUT2D eigenvalue weighted by Gasteiger charge is -2.27. The van der Waals surface area contributed by atoms with Gasteiger partial charge in [0.15, 0.2) is 0 Å². The molecular weight excluding hydrogens is 279 g/mol. The summed E-state index contributed by atoms with van der Waals surface area (Å²) < 4.78 is 39.5. The normalized spacial score (nSPS) is 25.0. The molecule has 0 spiro atoms. The summed E-state index contributed by atoms with van der Waals surface area (Å²) >= 11 is 6.09. The Hall–Kier alpha value is -0.720. The molecule has 1 aromatic rings. The second kappa shape index (κ2) is 5.50. The molecule has 0 saturated heterocycles. The second-order valence-electron chi connectivity index (χ2n) is 4.37. The van der Waals surface area contributed by atoms with Crippen LogP contribution in [0.1, 0.15) is 25.7 Å². The molecule has 0 amide bonds. The molecule has 1 heterocycles. The molecule has 1 fully saturated rings. The third-order valence-corrected chi connectivity index (χ3v) is 4.96. The van der Waals surface area contributed by atoms with Crippen LogP contribution in [0.25, 0.3) is 0 Å². The third-order valence-electron chi connectivity index (χ3n) is 2.98. The van der Waals surface area contributed by atoms with Gasteiger partial charge in [-0.25, -0.2) is 17.5 Å². The van der Waals surface area contributed by atoms with Crippen molar-refractivity contribution in [2.75, 3.05) is 0 Å². The summed E-state index contributed by atoms with van der Waals surface area (Å²) in [5.74, 6) is -0.677. The smallest absolute Gasteiger partial charge is 0.242 e. The van der Waals surface area contributed by atoms with E-state index in [1.807, 2.05) is 0 Å². The van der Waals surface area contributed by atoms with Gasteiger partial charge in [-0.3, -0.25) is 4.98 Å². The standard InChI is InChI=1S/C11H14ClFN2O2S/c12-10-3-1-2-4-11(10)15-18(16,17)9-5-8(13)6-14-7-9/h5-7,10-11,15H,1-4H2. The lowest BCUT2D eigenvalue weighted by Crippen LogP contribution is -2.42. The maximum absolute atomic E-state index is 13.0. The van der Waals surface area contributed by atoms with Crippen molar-refractivity contribution in [3.63, 3.8) is 0 Å². The van der Waals surface area contributed by atoms with E-state index in [9.17, 15) is 12.8 Å². The zero-order valence-electron chi connectivity index (χ0n) is 9.64. The van der Waals surface area contributed by atoms with Crippen LogP contribution in [0.3, 0.4) is 0 Å². The summed E-state index contributed by atoms with van der Waals surface area (Å²) in [6.07, 6.45) is 5.53. The number of hydrogen-bond acceptors (Lipinski definition) is 3. The fourth-order valence-electron chi connectivity index (χ4n) is 2.03. The highest BCUT2D eigenvalue weighted by Gasteiger charge is 2.28. The lowest BCUT2D eigenvalue weighted by molar-refractivity contribution is 0.418.